The number of nitrogens with one attached hydrogen (secondary N) is 2. The van der Waals surface area contributed by atoms with E-state index >= 15 is 0 Å². The Balaban J connectivity index is 1.63. The number of carbonyl (C=O) groups is 2. The molecule has 1 aromatic rings. The zero-order valence-electron chi connectivity index (χ0n) is 12.1. The quantitative estimate of drug-likeness (QED) is 0.707. The van der Waals surface area contributed by atoms with Crippen molar-refractivity contribution in [1.29, 1.82) is 0 Å². The molecule has 1 saturated carbocycles. The monoisotopic (exact) mass is 292 g/mol. The van der Waals surface area contributed by atoms with Gasteiger partial charge < -0.3 is 20.1 Å². The normalized spacial score (nSPS) is 13.4. The SMILES string of the molecule is COc1ccccc1NCCC(=O)OCC(=O)NC1CC1. The molecular formula is C15H20N2O4. The van der Waals surface area contributed by atoms with E-state index in [2.05, 4.69) is 10.6 Å². The van der Waals surface area contributed by atoms with Crippen molar-refractivity contribution in [1.82, 2.24) is 5.32 Å². The van der Waals surface area contributed by atoms with Gasteiger partial charge in [-0.25, -0.2) is 0 Å². The highest BCUT2D eigenvalue weighted by Gasteiger charge is 2.23. The molecule has 0 heterocycles. The lowest BCUT2D eigenvalue weighted by Crippen LogP contribution is -2.30. The van der Waals surface area contributed by atoms with Crippen molar-refractivity contribution in [2.24, 2.45) is 0 Å². The van der Waals surface area contributed by atoms with Crippen molar-refractivity contribution >= 4 is 17.6 Å². The first-order valence-electron chi connectivity index (χ1n) is 7.01. The number of hydrogen-bond acceptors (Lipinski definition) is 5. The zero-order valence-corrected chi connectivity index (χ0v) is 12.1. The van der Waals surface area contributed by atoms with Gasteiger partial charge in [0.2, 0.25) is 0 Å². The number of carbonyl (C=O) groups excluding carboxylic acids is 2. The molecule has 2 N–H and O–H groups in total. The van der Waals surface area contributed by atoms with E-state index < -0.39 is 5.97 Å². The molecule has 0 aliphatic heterocycles. The van der Waals surface area contributed by atoms with Gasteiger partial charge in [-0.1, -0.05) is 12.1 Å². The van der Waals surface area contributed by atoms with Crippen molar-refractivity contribution < 1.29 is 19.1 Å². The van der Waals surface area contributed by atoms with Gasteiger partial charge in [-0.05, 0) is 25.0 Å². The average molecular weight is 292 g/mol. The predicted octanol–water partition coefficient (Wildman–Crippen LogP) is 1.32. The fourth-order valence-corrected chi connectivity index (χ4v) is 1.81. The van der Waals surface area contributed by atoms with Crippen LogP contribution in [0.3, 0.4) is 0 Å². The highest BCUT2D eigenvalue weighted by atomic mass is 16.5. The third-order valence-corrected chi connectivity index (χ3v) is 3.06. The van der Waals surface area contributed by atoms with Gasteiger partial charge in [-0.3, -0.25) is 9.59 Å². The molecule has 114 valence electrons. The summed E-state index contributed by atoms with van der Waals surface area (Å²) in [5.41, 5.74) is 0.819. The topological polar surface area (TPSA) is 76.7 Å². The summed E-state index contributed by atoms with van der Waals surface area (Å²) in [5.74, 6) is 0.0848. The van der Waals surface area contributed by atoms with E-state index in [1.807, 2.05) is 24.3 Å². The molecule has 1 fully saturated rings. The Hall–Kier alpha value is -2.24. The van der Waals surface area contributed by atoms with Gasteiger partial charge in [-0.15, -0.1) is 0 Å². The van der Waals surface area contributed by atoms with Gasteiger partial charge in [0.15, 0.2) is 6.61 Å². The van der Waals surface area contributed by atoms with Crippen molar-refractivity contribution in [3.05, 3.63) is 24.3 Å². The number of amides is 1. The Kier molecular flexibility index (Phi) is 5.43. The van der Waals surface area contributed by atoms with Crippen LogP contribution in [-0.2, 0) is 14.3 Å². The number of ether oxygens (including phenoxy) is 2. The van der Waals surface area contributed by atoms with Crippen LogP contribution in [0.4, 0.5) is 5.69 Å². The van der Waals surface area contributed by atoms with Gasteiger partial charge >= 0.3 is 5.97 Å². The van der Waals surface area contributed by atoms with Crippen LogP contribution in [0.1, 0.15) is 19.3 Å². The predicted molar refractivity (Wildman–Crippen MR) is 78.2 cm³/mol. The van der Waals surface area contributed by atoms with Gasteiger partial charge in [0.1, 0.15) is 5.75 Å². The van der Waals surface area contributed by atoms with E-state index in [0.29, 0.717) is 6.54 Å². The van der Waals surface area contributed by atoms with Gasteiger partial charge in [0.05, 0.1) is 19.2 Å². The van der Waals surface area contributed by atoms with Crippen LogP contribution in [0.2, 0.25) is 0 Å². The minimum absolute atomic E-state index is 0.189. The highest BCUT2D eigenvalue weighted by Crippen LogP contribution is 2.22. The summed E-state index contributed by atoms with van der Waals surface area (Å²) >= 11 is 0. The second kappa shape index (κ2) is 7.52. The van der Waals surface area contributed by atoms with Crippen LogP contribution < -0.4 is 15.4 Å². The smallest absolute Gasteiger partial charge is 0.308 e. The van der Waals surface area contributed by atoms with Crippen LogP contribution in [-0.4, -0.2) is 38.2 Å². The zero-order chi connectivity index (χ0) is 15.1. The summed E-state index contributed by atoms with van der Waals surface area (Å²) in [6.45, 7) is 0.216. The number of anilines is 1. The van der Waals surface area contributed by atoms with Crippen LogP contribution in [0.15, 0.2) is 24.3 Å². The molecule has 0 aromatic heterocycles. The molecular weight excluding hydrogens is 272 g/mol. The van der Waals surface area contributed by atoms with E-state index in [-0.39, 0.29) is 25.0 Å². The lowest BCUT2D eigenvalue weighted by molar-refractivity contribution is -0.148. The highest BCUT2D eigenvalue weighted by molar-refractivity contribution is 5.81. The maximum absolute atomic E-state index is 11.5. The molecule has 0 radical (unpaired) electrons. The first-order valence-corrected chi connectivity index (χ1v) is 7.01. The molecule has 0 unspecified atom stereocenters. The Morgan fingerprint density at radius 1 is 1.29 bits per heavy atom. The van der Waals surface area contributed by atoms with E-state index in [0.717, 1.165) is 24.3 Å². The molecule has 1 aliphatic carbocycles. The molecule has 6 nitrogen and oxygen atoms in total. The molecule has 0 bridgehead atoms. The fraction of sp³-hybridized carbons (Fsp3) is 0.467. The first-order chi connectivity index (χ1) is 10.2. The summed E-state index contributed by atoms with van der Waals surface area (Å²) in [7, 11) is 1.59. The molecule has 0 atom stereocenters. The lowest BCUT2D eigenvalue weighted by Gasteiger charge is -2.10. The third-order valence-electron chi connectivity index (χ3n) is 3.06. The second-order valence-corrected chi connectivity index (χ2v) is 4.88. The number of methoxy groups -OCH3 is 1. The van der Waals surface area contributed by atoms with E-state index in [4.69, 9.17) is 9.47 Å². The molecule has 1 aliphatic rings. The Morgan fingerprint density at radius 3 is 2.76 bits per heavy atom. The van der Waals surface area contributed by atoms with E-state index in [9.17, 15) is 9.59 Å². The van der Waals surface area contributed by atoms with Crippen molar-refractivity contribution in [3.63, 3.8) is 0 Å². The van der Waals surface area contributed by atoms with E-state index in [1.165, 1.54) is 0 Å². The van der Waals surface area contributed by atoms with Crippen LogP contribution in [0, 0.1) is 0 Å². The number of rotatable bonds is 8. The largest absolute Gasteiger partial charge is 0.495 e. The maximum atomic E-state index is 11.5. The summed E-state index contributed by atoms with van der Waals surface area (Å²) in [6.07, 6.45) is 2.22. The number of esters is 1. The van der Waals surface area contributed by atoms with Crippen LogP contribution in [0.25, 0.3) is 0 Å². The van der Waals surface area contributed by atoms with Gasteiger partial charge in [0, 0.05) is 12.6 Å². The van der Waals surface area contributed by atoms with E-state index in [1.54, 1.807) is 7.11 Å². The standard InChI is InChI=1S/C15H20N2O4/c1-20-13-5-3-2-4-12(13)16-9-8-15(19)21-10-14(18)17-11-6-7-11/h2-5,11,16H,6-10H2,1H3,(H,17,18). The Morgan fingerprint density at radius 2 is 2.05 bits per heavy atom. The third kappa shape index (κ3) is 5.33. The molecule has 1 amide bonds. The molecule has 6 heteroatoms. The summed E-state index contributed by atoms with van der Waals surface area (Å²) < 4.78 is 10.1. The van der Waals surface area contributed by atoms with Crippen molar-refractivity contribution in [2.75, 3.05) is 25.6 Å². The van der Waals surface area contributed by atoms with Gasteiger partial charge in [0.25, 0.3) is 5.91 Å². The Bertz CT molecular complexity index is 500. The minimum Gasteiger partial charge on any atom is -0.495 e. The summed E-state index contributed by atoms with van der Waals surface area (Å²) in [6, 6.07) is 7.74. The maximum Gasteiger partial charge on any atom is 0.308 e. The number of hydrogen-bond donors (Lipinski definition) is 2. The lowest BCUT2D eigenvalue weighted by atomic mass is 10.3. The number of benzene rings is 1. The fourth-order valence-electron chi connectivity index (χ4n) is 1.81. The Labute approximate surface area is 123 Å². The first kappa shape index (κ1) is 15.2. The van der Waals surface area contributed by atoms with Crippen LogP contribution in [0.5, 0.6) is 5.75 Å². The number of para-hydroxylation sites is 2. The summed E-state index contributed by atoms with van der Waals surface area (Å²) in [5, 5.41) is 5.86. The van der Waals surface area contributed by atoms with Crippen molar-refractivity contribution in [3.8, 4) is 5.75 Å². The molecule has 0 spiro atoms. The summed E-state index contributed by atoms with van der Waals surface area (Å²) in [4.78, 5) is 22.9. The minimum atomic E-state index is -0.400. The molecule has 2 rings (SSSR count). The molecule has 1 aromatic carbocycles. The van der Waals surface area contributed by atoms with Crippen LogP contribution >= 0.6 is 0 Å². The molecule has 21 heavy (non-hydrogen) atoms. The van der Waals surface area contributed by atoms with Crippen molar-refractivity contribution in [2.45, 2.75) is 25.3 Å². The molecule has 0 saturated heterocycles. The average Bonchev–Trinajstić information content (AvgIpc) is 3.29. The second-order valence-electron chi connectivity index (χ2n) is 4.88. The van der Waals surface area contributed by atoms with Gasteiger partial charge in [-0.2, -0.15) is 0 Å².